The van der Waals surface area contributed by atoms with Crippen molar-refractivity contribution >= 4 is 17.4 Å². The van der Waals surface area contributed by atoms with E-state index in [1.54, 1.807) is 11.3 Å². The van der Waals surface area contributed by atoms with Crippen LogP contribution in [0.3, 0.4) is 0 Å². The molecule has 132 valence electrons. The number of carbonyl (C=O) groups excluding carboxylic acids is 1. The molecule has 1 rings (SSSR count). The van der Waals surface area contributed by atoms with E-state index in [2.05, 4.69) is 41.8 Å². The molecule has 0 bridgehead atoms. The van der Waals surface area contributed by atoms with Crippen LogP contribution in [0.1, 0.15) is 58.7 Å². The van der Waals surface area contributed by atoms with Crippen LogP contribution < -0.4 is 10.6 Å². The van der Waals surface area contributed by atoms with E-state index in [4.69, 9.17) is 4.74 Å². The van der Waals surface area contributed by atoms with E-state index in [0.717, 1.165) is 17.1 Å². The zero-order chi connectivity index (χ0) is 17.7. The lowest BCUT2D eigenvalue weighted by molar-refractivity contribution is 0.0507. The monoisotopic (exact) mass is 341 g/mol. The van der Waals surface area contributed by atoms with Gasteiger partial charge in [0.05, 0.1) is 10.7 Å². The maximum atomic E-state index is 11.9. The summed E-state index contributed by atoms with van der Waals surface area (Å²) in [6.45, 7) is 15.3. The van der Waals surface area contributed by atoms with Gasteiger partial charge in [0.2, 0.25) is 0 Å². The smallest absolute Gasteiger partial charge is 0.407 e. The Kier molecular flexibility index (Phi) is 7.02. The van der Waals surface area contributed by atoms with Crippen LogP contribution in [-0.4, -0.2) is 28.8 Å². The minimum absolute atomic E-state index is 0.206. The second kappa shape index (κ2) is 8.11. The van der Waals surface area contributed by atoms with Crippen molar-refractivity contribution in [2.45, 2.75) is 72.6 Å². The zero-order valence-corrected chi connectivity index (χ0v) is 16.3. The Labute approximate surface area is 144 Å². The molecule has 0 unspecified atom stereocenters. The topological polar surface area (TPSA) is 63.2 Å². The number of rotatable bonds is 7. The number of nitrogens with one attached hydrogen (secondary N) is 2. The Morgan fingerprint density at radius 3 is 2.48 bits per heavy atom. The molecular weight excluding hydrogens is 310 g/mol. The summed E-state index contributed by atoms with van der Waals surface area (Å²) >= 11 is 1.65. The van der Waals surface area contributed by atoms with Crippen LogP contribution in [0.25, 0.3) is 0 Å². The maximum Gasteiger partial charge on any atom is 0.407 e. The molecule has 1 aromatic heterocycles. The van der Waals surface area contributed by atoms with Gasteiger partial charge in [0.15, 0.2) is 0 Å². The van der Waals surface area contributed by atoms with E-state index in [1.807, 2.05) is 27.7 Å². The summed E-state index contributed by atoms with van der Waals surface area (Å²) in [5, 5.41) is 9.57. The first kappa shape index (κ1) is 19.9. The van der Waals surface area contributed by atoms with E-state index in [1.165, 1.54) is 0 Å². The molecule has 1 aromatic rings. The SMILES string of the molecule is Cc1nc(CN[C@](C)(CNC(=O)OC(C)(C)C)CC(C)C)cs1. The Bertz CT molecular complexity index is 508. The van der Waals surface area contributed by atoms with E-state index in [-0.39, 0.29) is 11.6 Å². The number of nitrogens with zero attached hydrogens (tertiary/aromatic N) is 1. The van der Waals surface area contributed by atoms with Gasteiger partial charge in [-0.15, -0.1) is 11.3 Å². The summed E-state index contributed by atoms with van der Waals surface area (Å²) in [5.74, 6) is 0.519. The number of ether oxygens (including phenoxy) is 1. The molecule has 0 aliphatic rings. The minimum atomic E-state index is -0.482. The highest BCUT2D eigenvalue weighted by atomic mass is 32.1. The zero-order valence-electron chi connectivity index (χ0n) is 15.4. The predicted molar refractivity (Wildman–Crippen MR) is 95.8 cm³/mol. The highest BCUT2D eigenvalue weighted by molar-refractivity contribution is 7.09. The molecule has 0 aliphatic carbocycles. The van der Waals surface area contributed by atoms with Crippen LogP contribution in [0.2, 0.25) is 0 Å². The Hall–Kier alpha value is -1.14. The normalized spacial score (nSPS) is 14.6. The number of hydrogen-bond acceptors (Lipinski definition) is 5. The van der Waals surface area contributed by atoms with Crippen molar-refractivity contribution in [3.8, 4) is 0 Å². The van der Waals surface area contributed by atoms with Gasteiger partial charge in [0.25, 0.3) is 0 Å². The molecule has 0 saturated heterocycles. The summed E-state index contributed by atoms with van der Waals surface area (Å²) in [6.07, 6.45) is 0.574. The minimum Gasteiger partial charge on any atom is -0.444 e. The van der Waals surface area contributed by atoms with Gasteiger partial charge in [-0.2, -0.15) is 0 Å². The standard InChI is InChI=1S/C17H31N3O2S/c1-12(2)8-17(7,11-18-15(21)22-16(4,5)6)19-9-14-10-23-13(3)20-14/h10,12,19H,8-9,11H2,1-7H3,(H,18,21)/t17-/m0/s1. The van der Waals surface area contributed by atoms with Gasteiger partial charge in [0, 0.05) is 24.0 Å². The Morgan fingerprint density at radius 1 is 1.35 bits per heavy atom. The van der Waals surface area contributed by atoms with E-state index in [0.29, 0.717) is 19.0 Å². The lowest BCUT2D eigenvalue weighted by Gasteiger charge is -2.33. The maximum absolute atomic E-state index is 11.9. The fourth-order valence-electron chi connectivity index (χ4n) is 2.48. The number of carbonyl (C=O) groups is 1. The highest BCUT2D eigenvalue weighted by Gasteiger charge is 2.27. The molecule has 6 heteroatoms. The Morgan fingerprint density at radius 2 is 2.00 bits per heavy atom. The molecule has 0 aromatic carbocycles. The molecule has 0 spiro atoms. The quantitative estimate of drug-likeness (QED) is 0.790. The molecule has 5 nitrogen and oxygen atoms in total. The number of aromatic nitrogens is 1. The molecule has 0 radical (unpaired) electrons. The van der Waals surface area contributed by atoms with Gasteiger partial charge in [-0.1, -0.05) is 13.8 Å². The average Bonchev–Trinajstić information content (AvgIpc) is 2.77. The van der Waals surface area contributed by atoms with Crippen molar-refractivity contribution in [3.05, 3.63) is 16.1 Å². The van der Waals surface area contributed by atoms with Crippen molar-refractivity contribution in [1.82, 2.24) is 15.6 Å². The van der Waals surface area contributed by atoms with E-state index < -0.39 is 5.60 Å². The average molecular weight is 342 g/mol. The fraction of sp³-hybridized carbons (Fsp3) is 0.765. The van der Waals surface area contributed by atoms with Crippen molar-refractivity contribution in [2.24, 2.45) is 5.92 Å². The number of alkyl carbamates (subject to hydrolysis) is 1. The second-order valence-electron chi connectivity index (χ2n) is 7.73. The van der Waals surface area contributed by atoms with Crippen molar-refractivity contribution in [2.75, 3.05) is 6.54 Å². The predicted octanol–water partition coefficient (Wildman–Crippen LogP) is 3.87. The molecular formula is C17H31N3O2S. The molecule has 1 atom stereocenters. The summed E-state index contributed by atoms with van der Waals surface area (Å²) in [7, 11) is 0. The van der Waals surface area contributed by atoms with Crippen LogP contribution in [-0.2, 0) is 11.3 Å². The summed E-state index contributed by atoms with van der Waals surface area (Å²) in [4.78, 5) is 16.4. The van der Waals surface area contributed by atoms with Crippen molar-refractivity contribution < 1.29 is 9.53 Å². The number of hydrogen-bond donors (Lipinski definition) is 2. The van der Waals surface area contributed by atoms with Gasteiger partial charge in [0.1, 0.15) is 5.60 Å². The number of aryl methyl sites for hydroxylation is 1. The van der Waals surface area contributed by atoms with Crippen molar-refractivity contribution in [1.29, 1.82) is 0 Å². The van der Waals surface area contributed by atoms with Crippen molar-refractivity contribution in [3.63, 3.8) is 0 Å². The first-order valence-electron chi connectivity index (χ1n) is 8.12. The van der Waals surface area contributed by atoms with Gasteiger partial charge < -0.3 is 15.4 Å². The van der Waals surface area contributed by atoms with E-state index in [9.17, 15) is 4.79 Å². The van der Waals surface area contributed by atoms with Crippen LogP contribution in [0.4, 0.5) is 4.79 Å². The summed E-state index contributed by atoms with van der Waals surface area (Å²) in [5.41, 5.74) is 0.354. The highest BCUT2D eigenvalue weighted by Crippen LogP contribution is 2.18. The Balaban J connectivity index is 2.60. The summed E-state index contributed by atoms with van der Waals surface area (Å²) in [6, 6.07) is 0. The van der Waals surface area contributed by atoms with Crippen LogP contribution >= 0.6 is 11.3 Å². The lowest BCUT2D eigenvalue weighted by Crippen LogP contribution is -2.52. The summed E-state index contributed by atoms with van der Waals surface area (Å²) < 4.78 is 5.32. The van der Waals surface area contributed by atoms with Crippen LogP contribution in [0.5, 0.6) is 0 Å². The van der Waals surface area contributed by atoms with E-state index >= 15 is 0 Å². The molecule has 1 amide bonds. The van der Waals surface area contributed by atoms with Gasteiger partial charge in [-0.25, -0.2) is 9.78 Å². The van der Waals surface area contributed by atoms with Crippen LogP contribution in [0, 0.1) is 12.8 Å². The lowest BCUT2D eigenvalue weighted by atomic mass is 9.90. The number of amides is 1. The number of thiazole rings is 1. The second-order valence-corrected chi connectivity index (χ2v) is 8.79. The van der Waals surface area contributed by atoms with Crippen LogP contribution in [0.15, 0.2) is 5.38 Å². The molecule has 23 heavy (non-hydrogen) atoms. The molecule has 0 aliphatic heterocycles. The first-order valence-corrected chi connectivity index (χ1v) is 9.00. The van der Waals surface area contributed by atoms with Gasteiger partial charge in [-0.3, -0.25) is 0 Å². The third-order valence-electron chi connectivity index (χ3n) is 3.24. The van der Waals surface area contributed by atoms with Gasteiger partial charge >= 0.3 is 6.09 Å². The molecule has 0 saturated carbocycles. The third kappa shape index (κ3) is 8.32. The molecule has 0 fully saturated rings. The first-order chi connectivity index (χ1) is 10.5. The molecule has 1 heterocycles. The largest absolute Gasteiger partial charge is 0.444 e. The van der Waals surface area contributed by atoms with Gasteiger partial charge in [-0.05, 0) is 47.0 Å². The molecule has 2 N–H and O–H groups in total. The fourth-order valence-corrected chi connectivity index (χ4v) is 3.10. The third-order valence-corrected chi connectivity index (χ3v) is 4.07.